The van der Waals surface area contributed by atoms with Crippen LogP contribution in [0, 0.1) is 5.92 Å². The molecule has 0 radical (unpaired) electrons. The molecule has 0 saturated carbocycles. The van der Waals surface area contributed by atoms with Gasteiger partial charge in [-0.05, 0) is 30.5 Å². The molecular weight excluding hydrogens is 264 g/mol. The Bertz CT molecular complexity index is 442. The molecule has 2 rings (SSSR count). The molecule has 1 heterocycles. The molecule has 4 heteroatoms. The van der Waals surface area contributed by atoms with Gasteiger partial charge in [0.05, 0.1) is 14.2 Å². The number of ether oxygens (including phenoxy) is 2. The van der Waals surface area contributed by atoms with E-state index in [2.05, 4.69) is 30.1 Å². The zero-order valence-corrected chi connectivity index (χ0v) is 13.7. The lowest BCUT2D eigenvalue weighted by atomic mass is 9.94. The summed E-state index contributed by atoms with van der Waals surface area (Å²) in [5.74, 6) is 2.50. The van der Waals surface area contributed by atoms with Crippen LogP contribution in [0.15, 0.2) is 18.2 Å². The summed E-state index contributed by atoms with van der Waals surface area (Å²) in [6, 6.07) is 6.50. The molecule has 0 bridgehead atoms. The second-order valence-electron chi connectivity index (χ2n) is 6.04. The van der Waals surface area contributed by atoms with E-state index in [9.17, 15) is 0 Å². The Morgan fingerprint density at radius 1 is 1.14 bits per heavy atom. The lowest BCUT2D eigenvalue weighted by Gasteiger charge is -2.36. The van der Waals surface area contributed by atoms with E-state index in [0.717, 1.165) is 44.1 Å². The molecule has 1 aromatic carbocycles. The maximum atomic E-state index is 5.60. The van der Waals surface area contributed by atoms with Gasteiger partial charge >= 0.3 is 0 Å². The smallest absolute Gasteiger partial charge is 0.123 e. The van der Waals surface area contributed by atoms with Gasteiger partial charge in [0.2, 0.25) is 0 Å². The standard InChI is InChI=1S/C17H28N2O2/c1-13(2)11-16(19-9-7-18-8-10-19)15-12-14(20-3)5-6-17(15)21-4/h5-6,12-13,16,18H,7-11H2,1-4H3/t16-/m0/s1. The van der Waals surface area contributed by atoms with Crippen molar-refractivity contribution < 1.29 is 9.47 Å². The Kier molecular flexibility index (Phi) is 5.88. The van der Waals surface area contributed by atoms with Gasteiger partial charge in [-0.25, -0.2) is 0 Å². The average molecular weight is 292 g/mol. The number of piperazine rings is 1. The molecule has 0 aromatic heterocycles. The van der Waals surface area contributed by atoms with Gasteiger partial charge in [-0.15, -0.1) is 0 Å². The second kappa shape index (κ2) is 7.66. The first-order valence-electron chi connectivity index (χ1n) is 7.82. The summed E-state index contributed by atoms with van der Waals surface area (Å²) in [4.78, 5) is 2.56. The molecule has 0 unspecified atom stereocenters. The first-order valence-corrected chi connectivity index (χ1v) is 7.82. The lowest BCUT2D eigenvalue weighted by Crippen LogP contribution is -2.45. The largest absolute Gasteiger partial charge is 0.497 e. The fourth-order valence-corrected chi connectivity index (χ4v) is 3.01. The van der Waals surface area contributed by atoms with E-state index >= 15 is 0 Å². The van der Waals surface area contributed by atoms with Crippen molar-refractivity contribution in [1.29, 1.82) is 0 Å². The summed E-state index contributed by atoms with van der Waals surface area (Å²) in [7, 11) is 3.46. The molecule has 1 saturated heterocycles. The predicted molar refractivity (Wildman–Crippen MR) is 86.2 cm³/mol. The normalized spacial score (nSPS) is 17.8. The van der Waals surface area contributed by atoms with Crippen molar-refractivity contribution in [2.24, 2.45) is 5.92 Å². The van der Waals surface area contributed by atoms with E-state index in [0.29, 0.717) is 12.0 Å². The first-order chi connectivity index (χ1) is 10.2. The van der Waals surface area contributed by atoms with Crippen LogP contribution >= 0.6 is 0 Å². The van der Waals surface area contributed by atoms with E-state index in [1.54, 1.807) is 14.2 Å². The van der Waals surface area contributed by atoms with Crippen molar-refractivity contribution >= 4 is 0 Å². The highest BCUT2D eigenvalue weighted by Crippen LogP contribution is 2.36. The summed E-state index contributed by atoms with van der Waals surface area (Å²) in [5.41, 5.74) is 1.24. The fourth-order valence-electron chi connectivity index (χ4n) is 3.01. The minimum Gasteiger partial charge on any atom is -0.497 e. The van der Waals surface area contributed by atoms with Crippen LogP contribution in [0.25, 0.3) is 0 Å². The maximum Gasteiger partial charge on any atom is 0.123 e. The monoisotopic (exact) mass is 292 g/mol. The molecule has 0 amide bonds. The van der Waals surface area contributed by atoms with Crippen molar-refractivity contribution in [2.75, 3.05) is 40.4 Å². The molecular formula is C17H28N2O2. The third-order valence-electron chi connectivity index (χ3n) is 4.08. The molecule has 21 heavy (non-hydrogen) atoms. The predicted octanol–water partition coefficient (Wildman–Crippen LogP) is 2.70. The van der Waals surface area contributed by atoms with Crippen LogP contribution in [0.3, 0.4) is 0 Å². The minimum atomic E-state index is 0.386. The van der Waals surface area contributed by atoms with Crippen LogP contribution in [0.5, 0.6) is 11.5 Å². The Balaban J connectivity index is 2.33. The first kappa shape index (κ1) is 16.1. The number of nitrogens with one attached hydrogen (secondary N) is 1. The number of methoxy groups -OCH3 is 2. The number of nitrogens with zero attached hydrogens (tertiary/aromatic N) is 1. The van der Waals surface area contributed by atoms with Gasteiger partial charge in [0, 0.05) is 37.8 Å². The quantitative estimate of drug-likeness (QED) is 0.874. The summed E-state index contributed by atoms with van der Waals surface area (Å²) in [5, 5.41) is 3.43. The summed E-state index contributed by atoms with van der Waals surface area (Å²) in [6.07, 6.45) is 1.13. The van der Waals surface area contributed by atoms with Crippen molar-refractivity contribution in [3.63, 3.8) is 0 Å². The number of benzene rings is 1. The molecule has 1 aliphatic heterocycles. The van der Waals surface area contributed by atoms with E-state index in [1.807, 2.05) is 12.1 Å². The van der Waals surface area contributed by atoms with Crippen LogP contribution in [-0.4, -0.2) is 45.3 Å². The average Bonchev–Trinajstić information content (AvgIpc) is 2.52. The van der Waals surface area contributed by atoms with Crippen molar-refractivity contribution in [3.05, 3.63) is 23.8 Å². The molecule has 4 nitrogen and oxygen atoms in total. The Labute approximate surface area is 128 Å². The van der Waals surface area contributed by atoms with Crippen molar-refractivity contribution in [3.8, 4) is 11.5 Å². The molecule has 1 aliphatic rings. The number of hydrogen-bond donors (Lipinski definition) is 1. The third-order valence-corrected chi connectivity index (χ3v) is 4.08. The summed E-state index contributed by atoms with van der Waals surface area (Å²) < 4.78 is 11.0. The number of hydrogen-bond acceptors (Lipinski definition) is 4. The van der Waals surface area contributed by atoms with Crippen LogP contribution in [0.1, 0.15) is 31.9 Å². The summed E-state index contributed by atoms with van der Waals surface area (Å²) in [6.45, 7) is 8.83. The van der Waals surface area contributed by atoms with Crippen molar-refractivity contribution in [1.82, 2.24) is 10.2 Å². The van der Waals surface area contributed by atoms with Gasteiger partial charge in [-0.2, -0.15) is 0 Å². The highest BCUT2D eigenvalue weighted by Gasteiger charge is 2.26. The SMILES string of the molecule is COc1ccc(OC)c([C@H](CC(C)C)N2CCNCC2)c1. The minimum absolute atomic E-state index is 0.386. The van der Waals surface area contributed by atoms with Gasteiger partial charge in [0.15, 0.2) is 0 Å². The topological polar surface area (TPSA) is 33.7 Å². The van der Waals surface area contributed by atoms with Gasteiger partial charge in [-0.1, -0.05) is 13.8 Å². The molecule has 1 atom stereocenters. The van der Waals surface area contributed by atoms with E-state index in [1.165, 1.54) is 5.56 Å². The lowest BCUT2D eigenvalue weighted by molar-refractivity contribution is 0.151. The van der Waals surface area contributed by atoms with Gasteiger partial charge in [-0.3, -0.25) is 4.90 Å². The van der Waals surface area contributed by atoms with E-state index in [4.69, 9.17) is 9.47 Å². The maximum absolute atomic E-state index is 5.60. The van der Waals surface area contributed by atoms with Crippen LogP contribution in [-0.2, 0) is 0 Å². The highest BCUT2D eigenvalue weighted by atomic mass is 16.5. The molecule has 0 aliphatic carbocycles. The number of rotatable bonds is 6. The molecule has 118 valence electrons. The third kappa shape index (κ3) is 4.11. The highest BCUT2D eigenvalue weighted by molar-refractivity contribution is 5.42. The van der Waals surface area contributed by atoms with E-state index < -0.39 is 0 Å². The van der Waals surface area contributed by atoms with Crippen LogP contribution < -0.4 is 14.8 Å². The van der Waals surface area contributed by atoms with Gasteiger partial charge < -0.3 is 14.8 Å². The van der Waals surface area contributed by atoms with Crippen LogP contribution in [0.2, 0.25) is 0 Å². The molecule has 0 spiro atoms. The molecule has 1 fully saturated rings. The fraction of sp³-hybridized carbons (Fsp3) is 0.647. The van der Waals surface area contributed by atoms with Crippen LogP contribution in [0.4, 0.5) is 0 Å². The van der Waals surface area contributed by atoms with Crippen molar-refractivity contribution in [2.45, 2.75) is 26.3 Å². The second-order valence-corrected chi connectivity index (χ2v) is 6.04. The van der Waals surface area contributed by atoms with Gasteiger partial charge in [0.1, 0.15) is 11.5 Å². The van der Waals surface area contributed by atoms with Gasteiger partial charge in [0.25, 0.3) is 0 Å². The Morgan fingerprint density at radius 2 is 1.86 bits per heavy atom. The molecule has 1 N–H and O–H groups in total. The Hall–Kier alpha value is -1.26. The Morgan fingerprint density at radius 3 is 2.43 bits per heavy atom. The summed E-state index contributed by atoms with van der Waals surface area (Å²) >= 11 is 0. The van der Waals surface area contributed by atoms with E-state index in [-0.39, 0.29) is 0 Å². The molecule has 1 aromatic rings. The zero-order valence-electron chi connectivity index (χ0n) is 13.7. The zero-order chi connectivity index (χ0) is 15.2.